The second-order valence-corrected chi connectivity index (χ2v) is 7.48. The highest BCUT2D eigenvalue weighted by molar-refractivity contribution is 5.89. The minimum Gasteiger partial charge on any atom is -0.457 e. The van der Waals surface area contributed by atoms with Crippen LogP contribution in [0.2, 0.25) is 0 Å². The maximum absolute atomic E-state index is 11.8. The predicted octanol–water partition coefficient (Wildman–Crippen LogP) is 3.16. The van der Waals surface area contributed by atoms with Gasteiger partial charge in [-0.05, 0) is 42.5 Å². The number of nitrogens with zero attached hydrogens (tertiary/aromatic N) is 5. The van der Waals surface area contributed by atoms with Crippen LogP contribution in [0.15, 0.2) is 73.6 Å². The van der Waals surface area contributed by atoms with Crippen LogP contribution in [0, 0.1) is 0 Å². The lowest BCUT2D eigenvalue weighted by atomic mass is 10.1. The van der Waals surface area contributed by atoms with Crippen LogP contribution in [0.1, 0.15) is 0 Å². The number of nitrogen functional groups attached to an aromatic ring is 1. The summed E-state index contributed by atoms with van der Waals surface area (Å²) in [5.74, 6) is 2.70. The second-order valence-electron chi connectivity index (χ2n) is 7.48. The minimum atomic E-state index is -0.0521. The molecule has 8 heteroatoms. The van der Waals surface area contributed by atoms with Gasteiger partial charge in [-0.1, -0.05) is 24.8 Å². The van der Waals surface area contributed by atoms with Crippen molar-refractivity contribution in [1.29, 1.82) is 0 Å². The van der Waals surface area contributed by atoms with Crippen LogP contribution in [-0.2, 0) is 4.79 Å². The Morgan fingerprint density at radius 3 is 2.48 bits per heavy atom. The largest absolute Gasteiger partial charge is 0.457 e. The Balaban J connectivity index is 1.37. The first-order valence-electron chi connectivity index (χ1n) is 10.0. The molecule has 0 unspecified atom stereocenters. The number of likely N-dealkylation sites (tertiary alicyclic amines) is 1. The van der Waals surface area contributed by atoms with E-state index in [1.807, 2.05) is 54.6 Å². The molecule has 8 nitrogen and oxygen atoms in total. The Kier molecular flexibility index (Phi) is 4.66. The molecule has 1 saturated heterocycles. The third-order valence-corrected chi connectivity index (χ3v) is 5.58. The van der Waals surface area contributed by atoms with Gasteiger partial charge < -0.3 is 25.2 Å². The summed E-state index contributed by atoms with van der Waals surface area (Å²) in [6.07, 6.45) is 2.83. The van der Waals surface area contributed by atoms with Crippen molar-refractivity contribution in [3.05, 3.63) is 73.6 Å². The fraction of sp³-hybridized carbons (Fsp3) is 0.174. The van der Waals surface area contributed by atoms with Gasteiger partial charge in [0.15, 0.2) is 11.6 Å². The average molecular weight is 414 g/mol. The van der Waals surface area contributed by atoms with E-state index >= 15 is 0 Å². The lowest BCUT2D eigenvalue weighted by molar-refractivity contribution is -0.130. The smallest absolute Gasteiger partial charge is 0.246 e. The first kappa shape index (κ1) is 18.9. The molecular weight excluding hydrogens is 392 g/mol. The number of para-hydroxylation sites is 1. The molecule has 2 aromatic carbocycles. The maximum atomic E-state index is 11.8. The summed E-state index contributed by atoms with van der Waals surface area (Å²) in [5, 5.41) is 0. The van der Waals surface area contributed by atoms with Gasteiger partial charge in [0, 0.05) is 18.8 Å². The van der Waals surface area contributed by atoms with Gasteiger partial charge in [-0.3, -0.25) is 4.79 Å². The Morgan fingerprint density at radius 2 is 1.77 bits per heavy atom. The van der Waals surface area contributed by atoms with E-state index in [4.69, 9.17) is 10.5 Å². The van der Waals surface area contributed by atoms with E-state index < -0.39 is 0 Å². The lowest BCUT2D eigenvalue weighted by Crippen LogP contribution is -2.61. The number of ether oxygens (including phenoxy) is 1. The summed E-state index contributed by atoms with van der Waals surface area (Å²) in [6.45, 7) is 5.40. The van der Waals surface area contributed by atoms with Gasteiger partial charge in [-0.15, -0.1) is 0 Å². The third kappa shape index (κ3) is 3.42. The van der Waals surface area contributed by atoms with Crippen LogP contribution in [0.5, 0.6) is 11.5 Å². The van der Waals surface area contributed by atoms with Gasteiger partial charge in [0.05, 0.1) is 12.7 Å². The number of amides is 1. The molecule has 0 bridgehead atoms. The van der Waals surface area contributed by atoms with Crippen LogP contribution in [0.25, 0.3) is 0 Å². The van der Waals surface area contributed by atoms with Crippen LogP contribution < -0.4 is 20.3 Å². The van der Waals surface area contributed by atoms with Crippen molar-refractivity contribution in [1.82, 2.24) is 14.9 Å². The molecule has 2 aliphatic rings. The molecule has 5 rings (SSSR count). The predicted molar refractivity (Wildman–Crippen MR) is 119 cm³/mol. The van der Waals surface area contributed by atoms with E-state index in [0.717, 1.165) is 28.7 Å². The molecule has 3 aromatic rings. The summed E-state index contributed by atoms with van der Waals surface area (Å²) in [6, 6.07) is 17.7. The molecule has 31 heavy (non-hydrogen) atoms. The van der Waals surface area contributed by atoms with Gasteiger partial charge in [0.1, 0.15) is 23.5 Å². The van der Waals surface area contributed by atoms with E-state index in [-0.39, 0.29) is 11.9 Å². The molecule has 0 spiro atoms. The first-order chi connectivity index (χ1) is 15.1. The number of hydrogen-bond acceptors (Lipinski definition) is 7. The molecule has 1 aromatic heterocycles. The van der Waals surface area contributed by atoms with Gasteiger partial charge in [-0.2, -0.15) is 0 Å². The van der Waals surface area contributed by atoms with Gasteiger partial charge in [0.2, 0.25) is 5.91 Å². The zero-order chi connectivity index (χ0) is 21.4. The van der Waals surface area contributed by atoms with Crippen molar-refractivity contribution in [2.45, 2.75) is 6.04 Å². The van der Waals surface area contributed by atoms with Crippen molar-refractivity contribution in [3.63, 3.8) is 0 Å². The highest BCUT2D eigenvalue weighted by Gasteiger charge is 2.41. The summed E-state index contributed by atoms with van der Waals surface area (Å²) in [7, 11) is 0. The first-order valence-corrected chi connectivity index (χ1v) is 10.0. The molecule has 2 aliphatic heterocycles. The maximum Gasteiger partial charge on any atom is 0.246 e. The van der Waals surface area contributed by atoms with Crippen molar-refractivity contribution in [3.8, 4) is 11.5 Å². The molecule has 3 heterocycles. The lowest BCUT2D eigenvalue weighted by Gasteiger charge is -2.44. The quantitative estimate of drug-likeness (QED) is 0.642. The van der Waals surface area contributed by atoms with Gasteiger partial charge in [0.25, 0.3) is 0 Å². The van der Waals surface area contributed by atoms with Crippen LogP contribution in [0.4, 0.5) is 23.0 Å². The molecule has 0 saturated carbocycles. The summed E-state index contributed by atoms with van der Waals surface area (Å²) in [4.78, 5) is 26.5. The van der Waals surface area contributed by atoms with E-state index in [0.29, 0.717) is 25.6 Å². The Bertz CT molecular complexity index is 1110. The summed E-state index contributed by atoms with van der Waals surface area (Å²) < 4.78 is 5.90. The molecule has 1 fully saturated rings. The number of nitrogens with two attached hydrogens (primary N) is 1. The number of fused-ring (bicyclic) bond motifs is 1. The topological polar surface area (TPSA) is 87.8 Å². The normalized spacial score (nSPS) is 15.4. The molecular formula is C23H22N6O2. The zero-order valence-electron chi connectivity index (χ0n) is 16.9. The van der Waals surface area contributed by atoms with E-state index in [1.54, 1.807) is 4.90 Å². The number of carbonyl (C=O) groups is 1. The van der Waals surface area contributed by atoms with Crippen molar-refractivity contribution < 1.29 is 9.53 Å². The molecule has 0 radical (unpaired) electrons. The van der Waals surface area contributed by atoms with Gasteiger partial charge in [-0.25, -0.2) is 9.97 Å². The number of rotatable bonds is 5. The minimum absolute atomic E-state index is 0.0521. The van der Waals surface area contributed by atoms with Crippen LogP contribution in [-0.4, -0.2) is 46.6 Å². The highest BCUT2D eigenvalue weighted by atomic mass is 16.5. The van der Waals surface area contributed by atoms with Crippen molar-refractivity contribution >= 4 is 28.9 Å². The Morgan fingerprint density at radius 1 is 1.06 bits per heavy atom. The zero-order valence-corrected chi connectivity index (χ0v) is 16.9. The van der Waals surface area contributed by atoms with Crippen molar-refractivity contribution in [2.24, 2.45) is 0 Å². The van der Waals surface area contributed by atoms with E-state index in [2.05, 4.69) is 26.3 Å². The van der Waals surface area contributed by atoms with E-state index in [9.17, 15) is 4.79 Å². The third-order valence-electron chi connectivity index (χ3n) is 5.58. The van der Waals surface area contributed by atoms with Crippen LogP contribution in [0.3, 0.4) is 0 Å². The number of carbonyl (C=O) groups excluding carboxylic acids is 1. The standard InChI is InChI=1S/C23H22N6O2/c1-2-20(30)27-12-17(13-27)29-15-28(21-22(24)25-14-26-23(21)29)16-8-10-19(11-9-16)31-18-6-4-3-5-7-18/h2-11,14,17H,1,12-13,15H2,(H2,24,25,26). The van der Waals surface area contributed by atoms with Crippen molar-refractivity contribution in [2.75, 3.05) is 35.3 Å². The number of hydrogen-bond donors (Lipinski definition) is 1. The highest BCUT2D eigenvalue weighted by Crippen LogP contribution is 2.44. The number of aromatic nitrogens is 2. The molecule has 156 valence electrons. The fourth-order valence-electron chi connectivity index (χ4n) is 3.92. The number of anilines is 4. The fourth-order valence-corrected chi connectivity index (χ4v) is 3.92. The van der Waals surface area contributed by atoms with Crippen LogP contribution >= 0.6 is 0 Å². The molecule has 2 N–H and O–H groups in total. The average Bonchev–Trinajstić information content (AvgIpc) is 3.14. The van der Waals surface area contributed by atoms with E-state index in [1.165, 1.54) is 12.4 Å². The Labute approximate surface area is 180 Å². The second kappa shape index (κ2) is 7.64. The molecule has 1 amide bonds. The monoisotopic (exact) mass is 414 g/mol. The van der Waals surface area contributed by atoms with Gasteiger partial charge >= 0.3 is 0 Å². The molecule has 0 atom stereocenters. The SMILES string of the molecule is C=CC(=O)N1CC(N2CN(c3ccc(Oc4ccccc4)cc3)c3c(N)ncnc32)C1. The summed E-state index contributed by atoms with van der Waals surface area (Å²) in [5.41, 5.74) is 7.98. The summed E-state index contributed by atoms with van der Waals surface area (Å²) >= 11 is 0. The molecule has 0 aliphatic carbocycles. The Hall–Kier alpha value is -4.07. The number of benzene rings is 2.